The molecule has 1 amide bonds. The van der Waals surface area contributed by atoms with Crippen molar-refractivity contribution < 1.29 is 19.1 Å². The zero-order valence-electron chi connectivity index (χ0n) is 16.9. The van der Waals surface area contributed by atoms with Gasteiger partial charge in [-0.25, -0.2) is 4.39 Å². The number of Topliss-reactive ketones (excluding diaryl/α,β-unsaturated/α-hetero) is 1. The highest BCUT2D eigenvalue weighted by Crippen LogP contribution is 2.39. The number of carbonyl (C=O) groups excluding carboxylic acids is 2. The van der Waals surface area contributed by atoms with E-state index in [1.165, 1.54) is 29.2 Å². The SMILES string of the molecule is CCN(CC)CCN1C(=O)C(=O)/C(=C(/O)c2ccc(Cl)cc2)C1c1ccc(F)cc1. The maximum Gasteiger partial charge on any atom is 0.295 e. The minimum atomic E-state index is -0.795. The molecule has 1 fully saturated rings. The summed E-state index contributed by atoms with van der Waals surface area (Å²) in [4.78, 5) is 29.4. The summed E-state index contributed by atoms with van der Waals surface area (Å²) in [6.45, 7) is 6.56. The molecule has 158 valence electrons. The monoisotopic (exact) mass is 430 g/mol. The first-order valence-electron chi connectivity index (χ1n) is 9.89. The minimum absolute atomic E-state index is 0.00604. The summed E-state index contributed by atoms with van der Waals surface area (Å²) in [6, 6.07) is 11.2. The van der Waals surface area contributed by atoms with Crippen molar-refractivity contribution in [3.63, 3.8) is 0 Å². The Kier molecular flexibility index (Phi) is 6.90. The van der Waals surface area contributed by atoms with Gasteiger partial charge in [0.2, 0.25) is 0 Å². The van der Waals surface area contributed by atoms with Crippen molar-refractivity contribution in [1.82, 2.24) is 9.80 Å². The number of benzene rings is 2. The molecule has 0 bridgehead atoms. The molecular formula is C23H24ClFN2O3. The van der Waals surface area contributed by atoms with E-state index in [2.05, 4.69) is 4.90 Å². The topological polar surface area (TPSA) is 60.9 Å². The molecule has 1 N–H and O–H groups in total. The van der Waals surface area contributed by atoms with E-state index in [9.17, 15) is 19.1 Å². The average Bonchev–Trinajstić information content (AvgIpc) is 3.00. The van der Waals surface area contributed by atoms with Gasteiger partial charge in [-0.15, -0.1) is 0 Å². The number of hydrogen-bond acceptors (Lipinski definition) is 4. The molecule has 30 heavy (non-hydrogen) atoms. The van der Waals surface area contributed by atoms with Crippen molar-refractivity contribution in [3.8, 4) is 0 Å². The largest absolute Gasteiger partial charge is 0.507 e. The summed E-state index contributed by atoms with van der Waals surface area (Å²) in [5.74, 6) is -2.12. The third-order valence-corrected chi connectivity index (χ3v) is 5.65. The first kappa shape index (κ1) is 22.0. The smallest absolute Gasteiger partial charge is 0.295 e. The van der Waals surface area contributed by atoms with E-state index in [4.69, 9.17) is 11.6 Å². The van der Waals surface area contributed by atoms with Gasteiger partial charge in [0.25, 0.3) is 11.7 Å². The van der Waals surface area contributed by atoms with Gasteiger partial charge in [-0.2, -0.15) is 0 Å². The molecule has 1 atom stereocenters. The standard InChI is InChI=1S/C23H24ClFN2O3/c1-3-26(4-2)13-14-27-20(15-7-11-18(25)12-8-15)19(22(29)23(27)30)21(28)16-5-9-17(24)10-6-16/h5-12,20,28H,3-4,13-14H2,1-2H3/b21-19+. The molecule has 3 rings (SSSR count). The maximum absolute atomic E-state index is 13.5. The van der Waals surface area contributed by atoms with Crippen molar-refractivity contribution in [2.24, 2.45) is 0 Å². The fraction of sp³-hybridized carbons (Fsp3) is 0.304. The highest BCUT2D eigenvalue weighted by atomic mass is 35.5. The lowest BCUT2D eigenvalue weighted by molar-refractivity contribution is -0.140. The number of nitrogens with zero attached hydrogens (tertiary/aromatic N) is 2. The molecule has 1 unspecified atom stereocenters. The lowest BCUT2D eigenvalue weighted by Crippen LogP contribution is -2.38. The highest BCUT2D eigenvalue weighted by molar-refractivity contribution is 6.46. The van der Waals surface area contributed by atoms with Crippen LogP contribution in [0.3, 0.4) is 0 Å². The van der Waals surface area contributed by atoms with Gasteiger partial charge < -0.3 is 14.9 Å². The second-order valence-corrected chi connectivity index (χ2v) is 7.51. The van der Waals surface area contributed by atoms with Crippen LogP contribution < -0.4 is 0 Å². The van der Waals surface area contributed by atoms with Crippen molar-refractivity contribution in [1.29, 1.82) is 0 Å². The van der Waals surface area contributed by atoms with Gasteiger partial charge in [0.05, 0.1) is 11.6 Å². The van der Waals surface area contributed by atoms with Gasteiger partial charge in [-0.3, -0.25) is 9.59 Å². The number of likely N-dealkylation sites (N-methyl/N-ethyl adjacent to an activating group) is 1. The Bertz CT molecular complexity index is 953. The number of carbonyl (C=O) groups is 2. The number of rotatable bonds is 7. The molecule has 0 aromatic heterocycles. The summed E-state index contributed by atoms with van der Waals surface area (Å²) in [5.41, 5.74) is 0.937. The molecule has 1 saturated heterocycles. The van der Waals surface area contributed by atoms with Gasteiger partial charge in [-0.05, 0) is 55.1 Å². The van der Waals surface area contributed by atoms with Crippen molar-refractivity contribution >= 4 is 29.1 Å². The first-order chi connectivity index (χ1) is 14.4. The fourth-order valence-corrected chi connectivity index (χ4v) is 3.78. The zero-order valence-corrected chi connectivity index (χ0v) is 17.7. The number of hydrogen-bond donors (Lipinski definition) is 1. The number of halogens is 2. The molecule has 5 nitrogen and oxygen atoms in total. The van der Waals surface area contributed by atoms with Gasteiger partial charge >= 0.3 is 0 Å². The van der Waals surface area contributed by atoms with Crippen LogP contribution in [0.4, 0.5) is 4.39 Å². The molecule has 0 spiro atoms. The fourth-order valence-electron chi connectivity index (χ4n) is 3.65. The second kappa shape index (κ2) is 9.41. The molecule has 0 radical (unpaired) electrons. The third-order valence-electron chi connectivity index (χ3n) is 5.39. The van der Waals surface area contributed by atoms with E-state index < -0.39 is 23.5 Å². The molecule has 0 saturated carbocycles. The van der Waals surface area contributed by atoms with Crippen LogP contribution >= 0.6 is 11.6 Å². The average molecular weight is 431 g/mol. The van der Waals surface area contributed by atoms with Gasteiger partial charge in [0.15, 0.2) is 0 Å². The summed E-state index contributed by atoms with van der Waals surface area (Å²) in [7, 11) is 0. The Labute approximate surface area is 180 Å². The van der Waals surface area contributed by atoms with Crippen molar-refractivity contribution in [3.05, 3.63) is 76.1 Å². The minimum Gasteiger partial charge on any atom is -0.507 e. The number of amides is 1. The molecule has 1 aliphatic rings. The summed E-state index contributed by atoms with van der Waals surface area (Å²) >= 11 is 5.92. The van der Waals surface area contributed by atoms with Crippen LogP contribution in [-0.2, 0) is 9.59 Å². The third kappa shape index (κ3) is 4.40. The van der Waals surface area contributed by atoms with Crippen molar-refractivity contribution in [2.45, 2.75) is 19.9 Å². The Hall–Kier alpha value is -2.70. The molecule has 2 aromatic rings. The summed E-state index contributed by atoms with van der Waals surface area (Å²) in [5, 5.41) is 11.4. The lowest BCUT2D eigenvalue weighted by Gasteiger charge is -2.28. The number of aliphatic hydroxyl groups excluding tert-OH is 1. The summed E-state index contributed by atoms with van der Waals surface area (Å²) < 4.78 is 13.5. The Morgan fingerprint density at radius 1 is 1.07 bits per heavy atom. The summed E-state index contributed by atoms with van der Waals surface area (Å²) in [6.07, 6.45) is 0. The normalized spacial score (nSPS) is 18.4. The van der Waals surface area contributed by atoms with Crippen LogP contribution in [0.5, 0.6) is 0 Å². The van der Waals surface area contributed by atoms with Crippen LogP contribution in [0.25, 0.3) is 5.76 Å². The van der Waals surface area contributed by atoms with Gasteiger partial charge in [0.1, 0.15) is 11.6 Å². The molecule has 0 aliphatic carbocycles. The molecule has 1 heterocycles. The van der Waals surface area contributed by atoms with Crippen LogP contribution in [0.1, 0.15) is 31.0 Å². The van der Waals surface area contributed by atoms with Gasteiger partial charge in [0, 0.05) is 23.7 Å². The van der Waals surface area contributed by atoms with Crippen molar-refractivity contribution in [2.75, 3.05) is 26.2 Å². The first-order valence-corrected chi connectivity index (χ1v) is 10.3. The van der Waals surface area contributed by atoms with E-state index in [0.717, 1.165) is 13.1 Å². The number of likely N-dealkylation sites (tertiary alicyclic amines) is 1. The Morgan fingerprint density at radius 3 is 2.23 bits per heavy atom. The molecular weight excluding hydrogens is 407 g/mol. The molecule has 2 aromatic carbocycles. The maximum atomic E-state index is 13.5. The van der Waals surface area contributed by atoms with Crippen LogP contribution in [-0.4, -0.2) is 52.8 Å². The molecule has 1 aliphatic heterocycles. The second-order valence-electron chi connectivity index (χ2n) is 7.08. The van der Waals surface area contributed by atoms with Crippen LogP contribution in [0, 0.1) is 5.82 Å². The Morgan fingerprint density at radius 2 is 1.67 bits per heavy atom. The van der Waals surface area contributed by atoms with E-state index in [1.54, 1.807) is 24.3 Å². The van der Waals surface area contributed by atoms with E-state index in [0.29, 0.717) is 29.2 Å². The molecule has 7 heteroatoms. The van der Waals surface area contributed by atoms with Crippen LogP contribution in [0.15, 0.2) is 54.1 Å². The Balaban J connectivity index is 2.08. The van der Waals surface area contributed by atoms with E-state index >= 15 is 0 Å². The predicted octanol–water partition coefficient (Wildman–Crippen LogP) is 4.24. The van der Waals surface area contributed by atoms with E-state index in [-0.39, 0.29) is 11.3 Å². The van der Waals surface area contributed by atoms with E-state index in [1.807, 2.05) is 13.8 Å². The van der Waals surface area contributed by atoms with Crippen LogP contribution in [0.2, 0.25) is 5.02 Å². The lowest BCUT2D eigenvalue weighted by atomic mass is 9.95. The predicted molar refractivity (Wildman–Crippen MR) is 115 cm³/mol. The zero-order chi connectivity index (χ0) is 21.8. The quantitative estimate of drug-likeness (QED) is 0.405. The van der Waals surface area contributed by atoms with Gasteiger partial charge in [-0.1, -0.05) is 37.6 Å². The highest BCUT2D eigenvalue weighted by Gasteiger charge is 2.45. The number of aliphatic hydroxyl groups is 1. The number of ketones is 1.